The molecule has 0 radical (unpaired) electrons. The van der Waals surface area contributed by atoms with Gasteiger partial charge in [0.1, 0.15) is 5.78 Å². The van der Waals surface area contributed by atoms with E-state index in [1.165, 1.54) is 16.7 Å². The van der Waals surface area contributed by atoms with Crippen LogP contribution < -0.4 is 22.2 Å². The molecular weight excluding hydrogens is 544 g/mol. The Balaban J connectivity index is 0.00000330. The van der Waals surface area contributed by atoms with Crippen LogP contribution in [0, 0.1) is 13.8 Å². The normalized spacial score (nSPS) is 21.5. The van der Waals surface area contributed by atoms with Gasteiger partial charge in [-0.1, -0.05) is 62.5 Å². The van der Waals surface area contributed by atoms with Gasteiger partial charge in [0.05, 0.1) is 0 Å². The average molecular weight is 599 g/mol. The zero-order valence-corrected chi connectivity index (χ0v) is 28.3. The first-order valence-electron chi connectivity index (χ1n) is 15.7. The van der Waals surface area contributed by atoms with Gasteiger partial charge in [-0.15, -0.1) is 0 Å². The molecule has 0 saturated carbocycles. The van der Waals surface area contributed by atoms with Crippen molar-refractivity contribution >= 4 is 36.2 Å². The molecule has 3 rings (SSSR count). The van der Waals surface area contributed by atoms with E-state index in [-0.39, 0.29) is 5.78 Å². The van der Waals surface area contributed by atoms with E-state index < -0.39 is 0 Å². The van der Waals surface area contributed by atoms with Gasteiger partial charge >= 0.3 is 0 Å². The number of hydrogen-bond acceptors (Lipinski definition) is 4. The van der Waals surface area contributed by atoms with Gasteiger partial charge < -0.3 is 31.0 Å². The summed E-state index contributed by atoms with van der Waals surface area (Å²) in [7, 11) is 1.73. The predicted molar refractivity (Wildman–Crippen MR) is 190 cm³/mol. The van der Waals surface area contributed by atoms with Gasteiger partial charge in [0.25, 0.3) is 0 Å². The lowest BCUT2D eigenvalue weighted by Crippen LogP contribution is -2.13. The van der Waals surface area contributed by atoms with E-state index in [4.69, 9.17) is 16.2 Å². The molecule has 2 aromatic heterocycles. The lowest BCUT2D eigenvalue weighted by molar-refractivity contribution is -0.116. The summed E-state index contributed by atoms with van der Waals surface area (Å²) in [4.78, 5) is 19.1. The zero-order chi connectivity index (χ0) is 33.0. The summed E-state index contributed by atoms with van der Waals surface area (Å²) in [5.74, 6) is 0.185. The summed E-state index contributed by atoms with van der Waals surface area (Å²) in [5, 5.41) is 2.12. The fourth-order valence-corrected chi connectivity index (χ4v) is 5.56. The third-order valence-corrected chi connectivity index (χ3v) is 8.28. The summed E-state index contributed by atoms with van der Waals surface area (Å²) in [5.41, 5.74) is 25.3. The van der Waals surface area contributed by atoms with Crippen molar-refractivity contribution < 1.29 is 9.53 Å². The number of allylic oxidation sites excluding steroid dienone is 4. The van der Waals surface area contributed by atoms with Gasteiger partial charge in [-0.25, -0.2) is 0 Å². The van der Waals surface area contributed by atoms with E-state index >= 15 is 0 Å². The Morgan fingerprint density at radius 1 is 0.909 bits per heavy atom. The van der Waals surface area contributed by atoms with E-state index in [9.17, 15) is 4.79 Å². The summed E-state index contributed by atoms with van der Waals surface area (Å²) < 4.78 is 5.36. The standard InChI is InChI=1S/C36H48N4O2.C2H6/c1-9-28-22(3)13-17-33-26(7)30(16-14-23(4)41)34(39-33)18-15-27(12-11-19-42-8)24(5)31(37)20-36-29(10-2)25(6)35(40-36)21-32(28)38;1-2/h9-10,17-18,20-21,39-40H,1-2,11-16,19,37-38H2,3-8H3;1-2H3/b27-24-,28-22-,31-20-,32-21-,33-17-,34-18-;. The second kappa shape index (κ2) is 17.3. The average Bonchev–Trinajstić information content (AvgIpc) is 3.46. The van der Waals surface area contributed by atoms with E-state index in [2.05, 4.69) is 63.0 Å². The first-order chi connectivity index (χ1) is 21.0. The maximum Gasteiger partial charge on any atom is 0.130 e. The molecule has 0 unspecified atom stereocenters. The molecule has 238 valence electrons. The van der Waals surface area contributed by atoms with Crippen LogP contribution in [0.5, 0.6) is 0 Å². The first-order valence-corrected chi connectivity index (χ1v) is 15.7. The molecule has 2 aromatic rings. The Morgan fingerprint density at radius 2 is 1.57 bits per heavy atom. The molecule has 1 aliphatic heterocycles. The number of carbonyl (C=O) groups is 1. The highest BCUT2D eigenvalue weighted by Crippen LogP contribution is 2.27. The number of Topliss-reactive ketones (excluding diaryl/α,β-unsaturated/α-hetero) is 1. The third kappa shape index (κ3) is 8.99. The number of nitrogens with two attached hydrogens (primary N) is 2. The molecule has 6 nitrogen and oxygen atoms in total. The quantitative estimate of drug-likeness (QED) is 0.232. The molecule has 0 aliphatic carbocycles. The summed E-state index contributed by atoms with van der Waals surface area (Å²) in [6.45, 7) is 22.8. The smallest absolute Gasteiger partial charge is 0.130 e. The van der Waals surface area contributed by atoms with Crippen molar-refractivity contribution in [2.24, 2.45) is 11.5 Å². The summed E-state index contributed by atoms with van der Waals surface area (Å²) in [6, 6.07) is 0. The number of ketones is 1. The summed E-state index contributed by atoms with van der Waals surface area (Å²) >= 11 is 0. The Labute approximate surface area is 264 Å². The van der Waals surface area contributed by atoms with Crippen LogP contribution in [0.25, 0.3) is 30.4 Å². The lowest BCUT2D eigenvalue weighted by Gasteiger charge is -2.12. The SMILES string of the molecule is C=CC1=C(\C)C/C=c2\[nH]/c(c(CCC(C)=O)c2C)=C\C/C(CCCOC)=C(C)\C(N)=C\c2[nH]c(c(C)c2C=C)\C=C\1N.CC. The molecule has 4 bridgehead atoms. The highest BCUT2D eigenvalue weighted by molar-refractivity contribution is 5.76. The molecular formula is C38H54N4O2. The highest BCUT2D eigenvalue weighted by atomic mass is 16.5. The summed E-state index contributed by atoms with van der Waals surface area (Å²) in [6.07, 6.45) is 16.5. The van der Waals surface area contributed by atoms with Crippen LogP contribution in [0.4, 0.5) is 0 Å². The molecule has 1 aliphatic rings. The van der Waals surface area contributed by atoms with Crippen LogP contribution in [0.3, 0.4) is 0 Å². The number of rotatable bonds is 9. The number of carbonyl (C=O) groups excluding carboxylic acids is 1. The molecule has 0 spiro atoms. The van der Waals surface area contributed by atoms with Crippen molar-refractivity contribution in [3.05, 3.63) is 97.3 Å². The van der Waals surface area contributed by atoms with Crippen molar-refractivity contribution in [1.82, 2.24) is 9.97 Å². The number of ether oxygens (including phenoxy) is 1. The van der Waals surface area contributed by atoms with Gasteiger partial charge in [0, 0.05) is 59.2 Å². The van der Waals surface area contributed by atoms with Crippen LogP contribution in [0.15, 0.2) is 52.9 Å². The van der Waals surface area contributed by atoms with Crippen LogP contribution in [-0.4, -0.2) is 29.5 Å². The lowest BCUT2D eigenvalue weighted by atomic mass is 9.97. The van der Waals surface area contributed by atoms with Crippen LogP contribution in [-0.2, 0) is 16.0 Å². The van der Waals surface area contributed by atoms with Crippen molar-refractivity contribution in [3.8, 4) is 0 Å². The Kier molecular flexibility index (Phi) is 14.2. The number of nitrogens with one attached hydrogen (secondary N) is 2. The fraction of sp³-hybridized carbons (Fsp3) is 0.395. The van der Waals surface area contributed by atoms with E-state index in [0.717, 1.165) is 69.2 Å². The Hall–Kier alpha value is -4.03. The number of H-pyrrole nitrogens is 2. The molecule has 6 N–H and O–H groups in total. The van der Waals surface area contributed by atoms with Crippen molar-refractivity contribution in [3.63, 3.8) is 0 Å². The van der Waals surface area contributed by atoms with Crippen LogP contribution in [0.2, 0.25) is 0 Å². The molecule has 44 heavy (non-hydrogen) atoms. The second-order valence-corrected chi connectivity index (χ2v) is 11.2. The monoisotopic (exact) mass is 598 g/mol. The minimum Gasteiger partial charge on any atom is -0.398 e. The van der Waals surface area contributed by atoms with Gasteiger partial charge in [-0.3, -0.25) is 0 Å². The molecule has 0 atom stereocenters. The molecule has 0 amide bonds. The first kappa shape index (κ1) is 36.2. The van der Waals surface area contributed by atoms with Gasteiger partial charge in [-0.05, 0) is 107 Å². The molecule has 0 aromatic carbocycles. The Bertz CT molecular complexity index is 1600. The minimum atomic E-state index is 0.185. The number of aromatic nitrogens is 2. The van der Waals surface area contributed by atoms with Gasteiger partial charge in [0.15, 0.2) is 0 Å². The molecule has 0 saturated heterocycles. The van der Waals surface area contributed by atoms with Crippen molar-refractivity contribution in [2.75, 3.05) is 13.7 Å². The van der Waals surface area contributed by atoms with Gasteiger partial charge in [0.2, 0.25) is 0 Å². The number of fused-ring (bicyclic) bond motifs is 4. The molecule has 3 heterocycles. The minimum absolute atomic E-state index is 0.185. The maximum absolute atomic E-state index is 11.9. The fourth-order valence-electron chi connectivity index (χ4n) is 5.56. The van der Waals surface area contributed by atoms with E-state index in [1.54, 1.807) is 14.0 Å². The maximum atomic E-state index is 11.9. The zero-order valence-electron chi connectivity index (χ0n) is 28.3. The number of methoxy groups -OCH3 is 1. The number of hydrogen-bond donors (Lipinski definition) is 4. The van der Waals surface area contributed by atoms with E-state index in [1.807, 2.05) is 38.2 Å². The van der Waals surface area contributed by atoms with Crippen LogP contribution >= 0.6 is 0 Å². The highest BCUT2D eigenvalue weighted by Gasteiger charge is 2.14. The van der Waals surface area contributed by atoms with Crippen molar-refractivity contribution in [1.29, 1.82) is 0 Å². The third-order valence-electron chi connectivity index (χ3n) is 8.28. The largest absolute Gasteiger partial charge is 0.398 e. The van der Waals surface area contributed by atoms with E-state index in [0.29, 0.717) is 37.3 Å². The molecule has 6 heteroatoms. The van der Waals surface area contributed by atoms with Gasteiger partial charge in [-0.2, -0.15) is 0 Å². The topological polar surface area (TPSA) is 110 Å². The number of aromatic amines is 2. The van der Waals surface area contributed by atoms with Crippen LogP contribution in [0.1, 0.15) is 100 Å². The Morgan fingerprint density at radius 3 is 2.18 bits per heavy atom. The predicted octanol–water partition coefficient (Wildman–Crippen LogP) is 7.05. The van der Waals surface area contributed by atoms with Crippen molar-refractivity contribution in [2.45, 2.75) is 87.0 Å². The molecule has 0 fully saturated rings. The second-order valence-electron chi connectivity index (χ2n) is 11.2.